The molecule has 0 aliphatic rings. The Balaban J connectivity index is 5.20. The topological polar surface area (TPSA) is 9.23 Å². The van der Waals surface area contributed by atoms with E-state index in [1.54, 1.807) is 0 Å². The van der Waals surface area contributed by atoms with Crippen molar-refractivity contribution in [3.63, 3.8) is 0 Å². The second kappa shape index (κ2) is 8.15. The van der Waals surface area contributed by atoms with Crippen molar-refractivity contribution in [2.75, 3.05) is 6.61 Å². The average molecular weight is 321 g/mol. The van der Waals surface area contributed by atoms with Crippen LogP contribution in [-0.4, -0.2) is 14.9 Å². The lowest BCUT2D eigenvalue weighted by Gasteiger charge is -2.35. The minimum atomic E-state index is -1.68. The zero-order valence-corrected chi connectivity index (χ0v) is 17.4. The molecule has 0 saturated heterocycles. The summed E-state index contributed by atoms with van der Waals surface area (Å²) in [7, 11) is -1.68. The van der Waals surface area contributed by atoms with Gasteiger partial charge in [0.05, 0.1) is 6.61 Å². The quantitative estimate of drug-likeness (QED) is 0.313. The Morgan fingerprint density at radius 1 is 1.09 bits per heavy atom. The van der Waals surface area contributed by atoms with Crippen LogP contribution in [0.1, 0.15) is 55.4 Å². The summed E-state index contributed by atoms with van der Waals surface area (Å²) in [6.07, 6.45) is 8.24. The second-order valence-corrected chi connectivity index (χ2v) is 13.2. The summed E-state index contributed by atoms with van der Waals surface area (Å²) in [5, 5.41) is 0.253. The fourth-order valence-electron chi connectivity index (χ4n) is 1.84. The molecular formula is C20H36OSi. The summed E-state index contributed by atoms with van der Waals surface area (Å²) < 4.78 is 6.25. The van der Waals surface area contributed by atoms with Gasteiger partial charge in [-0.1, -0.05) is 59.8 Å². The molecule has 0 radical (unpaired) electrons. The smallest absolute Gasteiger partial charge is 0.192 e. The minimum Gasteiger partial charge on any atom is -0.413 e. The van der Waals surface area contributed by atoms with Crippen molar-refractivity contribution < 1.29 is 4.43 Å². The van der Waals surface area contributed by atoms with Crippen LogP contribution < -0.4 is 0 Å². The number of hydrogen-bond donors (Lipinski definition) is 0. The van der Waals surface area contributed by atoms with E-state index >= 15 is 0 Å². The van der Waals surface area contributed by atoms with Gasteiger partial charge < -0.3 is 4.43 Å². The van der Waals surface area contributed by atoms with Crippen LogP contribution >= 0.6 is 0 Å². The third-order valence-electron chi connectivity index (χ3n) is 4.30. The highest BCUT2D eigenvalue weighted by atomic mass is 28.4. The molecule has 0 bridgehead atoms. The Bertz CT molecular complexity index is 473. The van der Waals surface area contributed by atoms with Crippen molar-refractivity contribution in [1.82, 2.24) is 0 Å². The highest BCUT2D eigenvalue weighted by Gasteiger charge is 2.36. The molecule has 0 aliphatic heterocycles. The maximum Gasteiger partial charge on any atom is 0.192 e. The molecule has 0 aromatic carbocycles. The predicted octanol–water partition coefficient (Wildman–Crippen LogP) is 6.66. The third kappa shape index (κ3) is 6.96. The number of allylic oxidation sites excluding steroid dienone is 4. The van der Waals surface area contributed by atoms with E-state index in [9.17, 15) is 0 Å². The molecule has 126 valence electrons. The Morgan fingerprint density at radius 3 is 2.05 bits per heavy atom. The molecule has 0 saturated carbocycles. The first kappa shape index (κ1) is 21.2. The van der Waals surface area contributed by atoms with Crippen molar-refractivity contribution >= 4 is 8.32 Å². The van der Waals surface area contributed by atoms with Gasteiger partial charge in [0.15, 0.2) is 8.32 Å². The first-order valence-electron chi connectivity index (χ1n) is 8.22. The van der Waals surface area contributed by atoms with Crippen molar-refractivity contribution in [3.05, 3.63) is 41.2 Å². The van der Waals surface area contributed by atoms with Gasteiger partial charge in [0, 0.05) is 5.57 Å². The predicted molar refractivity (Wildman–Crippen MR) is 103 cm³/mol. The first-order valence-corrected chi connectivity index (χ1v) is 11.1. The third-order valence-corrected chi connectivity index (χ3v) is 8.80. The molecule has 0 N–H and O–H groups in total. The highest BCUT2D eigenvalue weighted by molar-refractivity contribution is 6.74. The van der Waals surface area contributed by atoms with Crippen LogP contribution in [0.5, 0.6) is 0 Å². The van der Waals surface area contributed by atoms with Gasteiger partial charge in [0.1, 0.15) is 0 Å². The molecule has 0 atom stereocenters. The Labute approximate surface area is 140 Å². The molecule has 0 heterocycles. The van der Waals surface area contributed by atoms with Crippen LogP contribution in [0.3, 0.4) is 0 Å². The molecule has 0 aromatic heterocycles. The number of hydrogen-bond acceptors (Lipinski definition) is 1. The summed E-state index contributed by atoms with van der Waals surface area (Å²) in [5.74, 6) is 0. The van der Waals surface area contributed by atoms with Crippen LogP contribution in [0, 0.1) is 5.41 Å². The van der Waals surface area contributed by atoms with Crippen molar-refractivity contribution in [3.8, 4) is 0 Å². The number of rotatable bonds is 5. The fourth-order valence-corrected chi connectivity index (χ4v) is 2.78. The fraction of sp³-hybridized carbons (Fsp3) is 0.650. The van der Waals surface area contributed by atoms with E-state index in [1.807, 2.05) is 25.2 Å². The molecule has 0 rings (SSSR count). The van der Waals surface area contributed by atoms with Gasteiger partial charge in [0.2, 0.25) is 0 Å². The summed E-state index contributed by atoms with van der Waals surface area (Å²) in [6.45, 7) is 23.0. The molecule has 0 spiro atoms. The summed E-state index contributed by atoms with van der Waals surface area (Å²) in [6, 6.07) is 0. The Hall–Kier alpha value is -0.823. The zero-order valence-electron chi connectivity index (χ0n) is 16.4. The van der Waals surface area contributed by atoms with Gasteiger partial charge >= 0.3 is 0 Å². The summed E-state index contributed by atoms with van der Waals surface area (Å²) in [4.78, 5) is 0. The minimum absolute atomic E-state index is 0.0790. The SMILES string of the molecule is C/C=C/C=C=C(/C(C)=C\CO[Si](C)(C)C(C)(C)C)C(C)(C)C. The van der Waals surface area contributed by atoms with E-state index in [2.05, 4.69) is 73.4 Å². The van der Waals surface area contributed by atoms with E-state index in [-0.39, 0.29) is 10.5 Å². The normalized spacial score (nSPS) is 14.2. The van der Waals surface area contributed by atoms with E-state index < -0.39 is 8.32 Å². The Morgan fingerprint density at radius 2 is 1.64 bits per heavy atom. The van der Waals surface area contributed by atoms with Crippen LogP contribution in [0.2, 0.25) is 18.1 Å². The van der Waals surface area contributed by atoms with Gasteiger partial charge in [-0.3, -0.25) is 0 Å². The van der Waals surface area contributed by atoms with Gasteiger partial charge in [0.25, 0.3) is 0 Å². The van der Waals surface area contributed by atoms with Crippen LogP contribution in [0.15, 0.2) is 41.2 Å². The van der Waals surface area contributed by atoms with Crippen LogP contribution in [-0.2, 0) is 4.43 Å². The monoisotopic (exact) mass is 320 g/mol. The van der Waals surface area contributed by atoms with Crippen molar-refractivity contribution in [2.24, 2.45) is 5.41 Å². The molecule has 0 aromatic rings. The molecule has 0 unspecified atom stereocenters. The van der Waals surface area contributed by atoms with Crippen molar-refractivity contribution in [1.29, 1.82) is 0 Å². The lowest BCUT2D eigenvalue weighted by Crippen LogP contribution is -2.40. The van der Waals surface area contributed by atoms with E-state index in [4.69, 9.17) is 4.43 Å². The molecular weight excluding hydrogens is 284 g/mol. The van der Waals surface area contributed by atoms with Gasteiger partial charge in [-0.05, 0) is 49.0 Å². The van der Waals surface area contributed by atoms with Gasteiger partial charge in [-0.25, -0.2) is 0 Å². The maximum atomic E-state index is 6.25. The average Bonchev–Trinajstić information content (AvgIpc) is 2.31. The lowest BCUT2D eigenvalue weighted by atomic mass is 9.83. The van der Waals surface area contributed by atoms with Crippen LogP contribution in [0.25, 0.3) is 0 Å². The molecule has 0 amide bonds. The molecule has 0 aliphatic carbocycles. The van der Waals surface area contributed by atoms with E-state index in [0.717, 1.165) is 0 Å². The largest absolute Gasteiger partial charge is 0.413 e. The van der Waals surface area contributed by atoms with Gasteiger partial charge in [-0.2, -0.15) is 0 Å². The summed E-state index contributed by atoms with van der Waals surface area (Å²) >= 11 is 0. The van der Waals surface area contributed by atoms with Crippen molar-refractivity contribution in [2.45, 2.75) is 73.5 Å². The molecule has 0 fully saturated rings. The maximum absolute atomic E-state index is 6.25. The molecule has 22 heavy (non-hydrogen) atoms. The molecule has 1 nitrogen and oxygen atoms in total. The Kier molecular flexibility index (Phi) is 7.84. The lowest BCUT2D eigenvalue weighted by molar-refractivity contribution is 0.327. The first-order chi connectivity index (χ1) is 9.83. The van der Waals surface area contributed by atoms with E-state index in [0.29, 0.717) is 6.61 Å². The van der Waals surface area contributed by atoms with Crippen LogP contribution in [0.4, 0.5) is 0 Å². The zero-order chi connectivity index (χ0) is 17.6. The second-order valence-electron chi connectivity index (χ2n) is 8.42. The van der Waals surface area contributed by atoms with Gasteiger partial charge in [-0.15, -0.1) is 5.73 Å². The molecule has 2 heteroatoms. The highest BCUT2D eigenvalue weighted by Crippen LogP contribution is 2.36. The summed E-state index contributed by atoms with van der Waals surface area (Å²) in [5.41, 5.74) is 6.01. The van der Waals surface area contributed by atoms with E-state index in [1.165, 1.54) is 11.1 Å². The standard InChI is InChI=1S/C20H36OSi/c1-11-12-13-14-18(19(3,4)5)17(2)15-16-21-22(9,10)20(6,7)8/h11-13,15H,16H2,1-10H3/b12-11+,17-15-.